The van der Waals surface area contributed by atoms with Crippen LogP contribution < -0.4 is 0 Å². The molecule has 0 amide bonds. The maximum atomic E-state index is 10.5. The van der Waals surface area contributed by atoms with E-state index in [1.165, 1.54) is 18.2 Å². The van der Waals surface area contributed by atoms with Gasteiger partial charge in [-0.25, -0.2) is 4.79 Å². The number of carboxylic acids is 1. The fourth-order valence-corrected chi connectivity index (χ4v) is 0.999. The minimum absolute atomic E-state index is 0.0538. The average molecular weight is 199 g/mol. The van der Waals surface area contributed by atoms with E-state index >= 15 is 0 Å². The van der Waals surface area contributed by atoms with Crippen LogP contribution in [-0.2, 0) is 4.79 Å². The maximum absolute atomic E-state index is 10.5. The Hall–Kier alpha value is -1.48. The van der Waals surface area contributed by atoms with E-state index in [9.17, 15) is 4.79 Å². The lowest BCUT2D eigenvalue weighted by Crippen LogP contribution is -1.97. The Bertz CT molecular complexity index is 371. The van der Waals surface area contributed by atoms with Crippen molar-refractivity contribution < 1.29 is 15.0 Å². The van der Waals surface area contributed by atoms with Crippen LogP contribution in [0.25, 0.3) is 5.57 Å². The summed E-state index contributed by atoms with van der Waals surface area (Å²) in [5.74, 6) is -1.19. The van der Waals surface area contributed by atoms with Gasteiger partial charge in [0.05, 0.1) is 10.6 Å². The number of aromatic hydroxyl groups is 1. The maximum Gasteiger partial charge on any atom is 0.335 e. The molecule has 0 saturated heterocycles. The first-order valence-corrected chi connectivity index (χ1v) is 3.81. The SMILES string of the molecule is C=C(C(=O)O)c1ccc(O)c(Cl)c1. The molecule has 2 N–H and O–H groups in total. The molecule has 1 aromatic rings. The molecule has 3 nitrogen and oxygen atoms in total. The van der Waals surface area contributed by atoms with E-state index in [-0.39, 0.29) is 16.3 Å². The van der Waals surface area contributed by atoms with Crippen LogP contribution in [0.15, 0.2) is 24.8 Å². The largest absolute Gasteiger partial charge is 0.506 e. The summed E-state index contributed by atoms with van der Waals surface area (Å²) in [4.78, 5) is 10.5. The summed E-state index contributed by atoms with van der Waals surface area (Å²) >= 11 is 5.58. The van der Waals surface area contributed by atoms with Crippen LogP contribution in [0.2, 0.25) is 5.02 Å². The summed E-state index contributed by atoms with van der Waals surface area (Å²) in [6, 6.07) is 4.12. The van der Waals surface area contributed by atoms with Gasteiger partial charge in [0.15, 0.2) is 0 Å². The van der Waals surface area contributed by atoms with Crippen LogP contribution in [-0.4, -0.2) is 16.2 Å². The number of benzene rings is 1. The predicted octanol–water partition coefficient (Wildman–Crippen LogP) is 2.14. The minimum atomic E-state index is -1.11. The zero-order valence-corrected chi connectivity index (χ0v) is 7.38. The molecule has 0 aliphatic carbocycles. The molecule has 68 valence electrons. The van der Waals surface area contributed by atoms with Crippen LogP contribution in [0.1, 0.15) is 5.56 Å². The molecule has 0 fully saturated rings. The van der Waals surface area contributed by atoms with Crippen LogP contribution in [0.4, 0.5) is 0 Å². The normalized spacial score (nSPS) is 9.62. The van der Waals surface area contributed by atoms with Crippen LogP contribution >= 0.6 is 11.6 Å². The third kappa shape index (κ3) is 2.00. The molecule has 0 aromatic heterocycles. The van der Waals surface area contributed by atoms with Crippen molar-refractivity contribution in [2.45, 2.75) is 0 Å². The lowest BCUT2D eigenvalue weighted by Gasteiger charge is -2.01. The summed E-state index contributed by atoms with van der Waals surface area (Å²) in [6.07, 6.45) is 0. The molecule has 0 saturated carbocycles. The number of carbonyl (C=O) groups is 1. The third-order valence-electron chi connectivity index (χ3n) is 1.55. The van der Waals surface area contributed by atoms with E-state index in [4.69, 9.17) is 21.8 Å². The van der Waals surface area contributed by atoms with Gasteiger partial charge in [-0.3, -0.25) is 0 Å². The fraction of sp³-hybridized carbons (Fsp3) is 0. The van der Waals surface area contributed by atoms with Gasteiger partial charge in [0.1, 0.15) is 5.75 Å². The van der Waals surface area contributed by atoms with Gasteiger partial charge < -0.3 is 10.2 Å². The Kier molecular flexibility index (Phi) is 2.58. The number of rotatable bonds is 2. The van der Waals surface area contributed by atoms with Crippen molar-refractivity contribution in [2.75, 3.05) is 0 Å². The summed E-state index contributed by atoms with van der Waals surface area (Å²) in [7, 11) is 0. The monoisotopic (exact) mass is 198 g/mol. The van der Waals surface area contributed by atoms with Crippen molar-refractivity contribution in [1.82, 2.24) is 0 Å². The lowest BCUT2D eigenvalue weighted by molar-refractivity contribution is -0.130. The summed E-state index contributed by atoms with van der Waals surface area (Å²) in [6.45, 7) is 3.36. The Labute approximate surface area is 79.9 Å². The minimum Gasteiger partial charge on any atom is -0.506 e. The topological polar surface area (TPSA) is 57.5 Å². The molecule has 13 heavy (non-hydrogen) atoms. The Morgan fingerprint density at radius 1 is 1.46 bits per heavy atom. The molecular weight excluding hydrogens is 192 g/mol. The van der Waals surface area contributed by atoms with Crippen molar-refractivity contribution in [2.24, 2.45) is 0 Å². The summed E-state index contributed by atoms with van der Waals surface area (Å²) < 4.78 is 0. The number of hydrogen-bond acceptors (Lipinski definition) is 2. The molecule has 0 radical (unpaired) electrons. The first-order chi connectivity index (χ1) is 6.02. The van der Waals surface area contributed by atoms with Gasteiger partial charge in [-0.05, 0) is 17.7 Å². The molecule has 0 spiro atoms. The second-order valence-electron chi connectivity index (χ2n) is 2.45. The highest BCUT2D eigenvalue weighted by atomic mass is 35.5. The molecule has 0 bridgehead atoms. The average Bonchev–Trinajstić information content (AvgIpc) is 2.08. The Balaban J connectivity index is 3.11. The van der Waals surface area contributed by atoms with Gasteiger partial charge in [-0.15, -0.1) is 0 Å². The van der Waals surface area contributed by atoms with Crippen molar-refractivity contribution in [3.05, 3.63) is 35.4 Å². The number of carboxylic acid groups (broad SMARTS) is 1. The molecule has 0 atom stereocenters. The quantitative estimate of drug-likeness (QED) is 0.716. The lowest BCUT2D eigenvalue weighted by atomic mass is 10.1. The van der Waals surface area contributed by atoms with Crippen LogP contribution in [0, 0.1) is 0 Å². The highest BCUT2D eigenvalue weighted by Gasteiger charge is 2.08. The number of phenols is 1. The van der Waals surface area contributed by atoms with E-state index < -0.39 is 5.97 Å². The first kappa shape index (κ1) is 9.61. The molecule has 0 heterocycles. The van der Waals surface area contributed by atoms with E-state index in [1.807, 2.05) is 0 Å². The molecule has 1 aromatic carbocycles. The molecule has 1 rings (SSSR count). The van der Waals surface area contributed by atoms with Crippen LogP contribution in [0.3, 0.4) is 0 Å². The number of halogens is 1. The van der Waals surface area contributed by atoms with E-state index in [1.54, 1.807) is 0 Å². The highest BCUT2D eigenvalue weighted by Crippen LogP contribution is 2.26. The van der Waals surface area contributed by atoms with Gasteiger partial charge in [0, 0.05) is 0 Å². The van der Waals surface area contributed by atoms with Gasteiger partial charge in [-0.2, -0.15) is 0 Å². The van der Waals surface area contributed by atoms with Crippen molar-refractivity contribution in [1.29, 1.82) is 0 Å². The van der Waals surface area contributed by atoms with Crippen molar-refractivity contribution in [3.63, 3.8) is 0 Å². The zero-order valence-electron chi connectivity index (χ0n) is 6.62. The van der Waals surface area contributed by atoms with E-state index in [0.717, 1.165) is 0 Å². The second-order valence-corrected chi connectivity index (χ2v) is 2.86. The second kappa shape index (κ2) is 3.49. The number of aliphatic carboxylic acids is 1. The Morgan fingerprint density at radius 3 is 2.54 bits per heavy atom. The highest BCUT2D eigenvalue weighted by molar-refractivity contribution is 6.32. The number of phenolic OH excluding ortho intramolecular Hbond substituents is 1. The van der Waals surface area contributed by atoms with Gasteiger partial charge in [0.25, 0.3) is 0 Å². The van der Waals surface area contributed by atoms with Gasteiger partial charge in [0.2, 0.25) is 0 Å². The van der Waals surface area contributed by atoms with Gasteiger partial charge in [-0.1, -0.05) is 24.2 Å². The third-order valence-corrected chi connectivity index (χ3v) is 1.86. The predicted molar refractivity (Wildman–Crippen MR) is 49.8 cm³/mol. The summed E-state index contributed by atoms with van der Waals surface area (Å²) in [5.41, 5.74) is 0.331. The number of hydrogen-bond donors (Lipinski definition) is 2. The molecular formula is C9H7ClO3. The van der Waals surface area contributed by atoms with Crippen molar-refractivity contribution in [3.8, 4) is 5.75 Å². The zero-order chi connectivity index (χ0) is 10.0. The van der Waals surface area contributed by atoms with E-state index in [0.29, 0.717) is 5.56 Å². The van der Waals surface area contributed by atoms with Crippen molar-refractivity contribution >= 4 is 23.1 Å². The van der Waals surface area contributed by atoms with E-state index in [2.05, 4.69) is 6.58 Å². The first-order valence-electron chi connectivity index (χ1n) is 3.43. The molecule has 0 unspecified atom stereocenters. The van der Waals surface area contributed by atoms with Gasteiger partial charge >= 0.3 is 5.97 Å². The Morgan fingerprint density at radius 2 is 2.08 bits per heavy atom. The summed E-state index contributed by atoms with van der Waals surface area (Å²) in [5, 5.41) is 17.8. The smallest absolute Gasteiger partial charge is 0.335 e. The molecule has 4 heteroatoms. The fourth-order valence-electron chi connectivity index (χ4n) is 0.818. The standard InChI is InChI=1S/C9H7ClO3/c1-5(9(12)13)6-2-3-8(11)7(10)4-6/h2-4,11H,1H2,(H,12,13). The molecule has 0 aliphatic heterocycles. The van der Waals surface area contributed by atoms with Crippen LogP contribution in [0.5, 0.6) is 5.75 Å². The molecule has 0 aliphatic rings.